The lowest BCUT2D eigenvalue weighted by molar-refractivity contribution is -0.130. The number of rotatable bonds is 6. The summed E-state index contributed by atoms with van der Waals surface area (Å²) in [6, 6.07) is 2.87. The van der Waals surface area contributed by atoms with Gasteiger partial charge < -0.3 is 19.7 Å². The van der Waals surface area contributed by atoms with Gasteiger partial charge in [-0.15, -0.1) is 0 Å². The van der Waals surface area contributed by atoms with Gasteiger partial charge in [0.2, 0.25) is 5.91 Å². The summed E-state index contributed by atoms with van der Waals surface area (Å²) in [5, 5.41) is 10.0. The van der Waals surface area contributed by atoms with Crippen LogP contribution in [0.25, 0.3) is 10.9 Å². The maximum Gasteiger partial charge on any atom is 0.261 e. The first-order valence-corrected chi connectivity index (χ1v) is 12.3. The molecule has 174 valence electrons. The van der Waals surface area contributed by atoms with Crippen molar-refractivity contribution in [1.29, 1.82) is 0 Å². The van der Waals surface area contributed by atoms with Crippen molar-refractivity contribution in [2.45, 2.75) is 62.6 Å². The van der Waals surface area contributed by atoms with Crippen LogP contribution in [0.5, 0.6) is 5.75 Å². The van der Waals surface area contributed by atoms with Crippen LogP contribution in [0.1, 0.15) is 51.3 Å². The third-order valence-corrected chi connectivity index (χ3v) is 7.81. The number of aliphatic hydroxyl groups is 1. The van der Waals surface area contributed by atoms with E-state index < -0.39 is 11.4 Å². The molecule has 0 unspecified atom stereocenters. The maximum atomic E-state index is 14.6. The van der Waals surface area contributed by atoms with E-state index in [9.17, 15) is 19.1 Å². The minimum atomic E-state index is -0.641. The smallest absolute Gasteiger partial charge is 0.261 e. The fourth-order valence-electron chi connectivity index (χ4n) is 4.44. The first-order valence-electron chi connectivity index (χ1n) is 11.3. The van der Waals surface area contributed by atoms with E-state index in [1.54, 1.807) is 24.8 Å². The zero-order valence-corrected chi connectivity index (χ0v) is 19.1. The fourth-order valence-corrected chi connectivity index (χ4v) is 5.57. The number of hydrogen-bond donors (Lipinski definition) is 2. The number of aliphatic hydroxyl groups excluding tert-OH is 1. The van der Waals surface area contributed by atoms with Gasteiger partial charge in [-0.1, -0.05) is 0 Å². The Morgan fingerprint density at radius 1 is 1.25 bits per heavy atom. The van der Waals surface area contributed by atoms with Crippen molar-refractivity contribution >= 4 is 28.6 Å². The highest BCUT2D eigenvalue weighted by Crippen LogP contribution is 2.30. The van der Waals surface area contributed by atoms with Gasteiger partial charge in [0.05, 0.1) is 24.0 Å². The largest absolute Gasteiger partial charge is 0.493 e. The highest BCUT2D eigenvalue weighted by atomic mass is 32.2. The molecule has 1 aliphatic heterocycles. The second kappa shape index (κ2) is 10.2. The number of halogens is 1. The zero-order valence-electron chi connectivity index (χ0n) is 18.3. The number of nitrogens with one attached hydrogen (secondary N) is 1. The number of aromatic amines is 1. The Bertz CT molecular complexity index is 1010. The van der Waals surface area contributed by atoms with Crippen molar-refractivity contribution in [2.24, 2.45) is 5.92 Å². The average Bonchev–Trinajstić information content (AvgIpc) is 2.77. The van der Waals surface area contributed by atoms with Crippen LogP contribution in [0.4, 0.5) is 4.39 Å². The molecule has 1 saturated heterocycles. The first-order chi connectivity index (χ1) is 15.4. The van der Waals surface area contributed by atoms with Crippen LogP contribution in [-0.2, 0) is 10.5 Å². The van der Waals surface area contributed by atoms with Gasteiger partial charge in [0, 0.05) is 37.4 Å². The zero-order chi connectivity index (χ0) is 22.7. The lowest BCUT2D eigenvalue weighted by Gasteiger charge is -2.31. The number of fused-ring (bicyclic) bond motifs is 1. The quantitative estimate of drug-likeness (QED) is 0.683. The van der Waals surface area contributed by atoms with Gasteiger partial charge in [-0.2, -0.15) is 11.8 Å². The lowest BCUT2D eigenvalue weighted by atomic mass is 9.97. The number of aromatic nitrogens is 2. The third kappa shape index (κ3) is 5.61. The minimum absolute atomic E-state index is 0.0540. The van der Waals surface area contributed by atoms with E-state index in [-0.39, 0.29) is 17.4 Å². The number of carbonyl (C=O) groups excluding carboxylic acids is 1. The summed E-state index contributed by atoms with van der Waals surface area (Å²) in [6.45, 7) is 3.45. The number of likely N-dealkylation sites (tertiary alicyclic amines) is 1. The normalized spacial score (nSPS) is 22.3. The molecule has 2 fully saturated rings. The Balaban J connectivity index is 1.41. The van der Waals surface area contributed by atoms with Crippen molar-refractivity contribution in [3.63, 3.8) is 0 Å². The molecule has 2 aromatic rings. The van der Waals surface area contributed by atoms with Gasteiger partial charge in [0.25, 0.3) is 5.56 Å². The molecule has 1 aromatic heterocycles. The molecular weight excluding hydrogens is 433 g/mol. The molecule has 4 rings (SSSR count). The number of amides is 1. The van der Waals surface area contributed by atoms with E-state index in [2.05, 4.69) is 9.97 Å². The van der Waals surface area contributed by atoms with E-state index in [0.29, 0.717) is 53.7 Å². The Hall–Kier alpha value is -2.13. The summed E-state index contributed by atoms with van der Waals surface area (Å²) >= 11 is 1.71. The van der Waals surface area contributed by atoms with Crippen LogP contribution < -0.4 is 10.3 Å². The van der Waals surface area contributed by atoms with Gasteiger partial charge in [-0.25, -0.2) is 9.37 Å². The second-order valence-electron chi connectivity index (χ2n) is 8.81. The van der Waals surface area contributed by atoms with Gasteiger partial charge in [0.15, 0.2) is 0 Å². The molecule has 0 spiro atoms. The minimum Gasteiger partial charge on any atom is -0.493 e. The fraction of sp³-hybridized carbons (Fsp3) is 0.609. The second-order valence-corrected chi connectivity index (χ2v) is 10.1. The van der Waals surface area contributed by atoms with Crippen molar-refractivity contribution in [3.8, 4) is 5.75 Å². The van der Waals surface area contributed by atoms with Crippen molar-refractivity contribution in [3.05, 3.63) is 34.1 Å². The number of piperidine rings is 1. The van der Waals surface area contributed by atoms with Crippen LogP contribution in [0.15, 0.2) is 16.9 Å². The SMILES string of the molecule is CC(=O)N1CCC(COc2cc(F)c3c(=O)[nH]c(CS[C@H]4CC[C@H](O)CC4)nc3c2)CC1. The molecule has 2 aliphatic rings. The van der Waals surface area contributed by atoms with E-state index in [1.165, 1.54) is 6.07 Å². The van der Waals surface area contributed by atoms with Crippen LogP contribution in [0, 0.1) is 11.7 Å². The molecule has 1 aromatic carbocycles. The van der Waals surface area contributed by atoms with Crippen LogP contribution in [-0.4, -0.2) is 56.9 Å². The molecule has 2 N–H and O–H groups in total. The molecule has 0 atom stereocenters. The van der Waals surface area contributed by atoms with Crippen LogP contribution >= 0.6 is 11.8 Å². The molecule has 32 heavy (non-hydrogen) atoms. The highest BCUT2D eigenvalue weighted by molar-refractivity contribution is 7.99. The Morgan fingerprint density at radius 2 is 1.97 bits per heavy atom. The van der Waals surface area contributed by atoms with Gasteiger partial charge >= 0.3 is 0 Å². The van der Waals surface area contributed by atoms with E-state index >= 15 is 0 Å². The first kappa shape index (κ1) is 23.0. The van der Waals surface area contributed by atoms with Crippen molar-refractivity contribution in [2.75, 3.05) is 19.7 Å². The predicted molar refractivity (Wildman–Crippen MR) is 122 cm³/mol. The topological polar surface area (TPSA) is 95.5 Å². The van der Waals surface area contributed by atoms with E-state index in [0.717, 1.165) is 38.5 Å². The van der Waals surface area contributed by atoms with Crippen molar-refractivity contribution < 1.29 is 19.0 Å². The lowest BCUT2D eigenvalue weighted by Crippen LogP contribution is -2.38. The molecule has 1 saturated carbocycles. The number of carbonyl (C=O) groups is 1. The Labute approximate surface area is 190 Å². The molecule has 1 aliphatic carbocycles. The average molecular weight is 464 g/mol. The van der Waals surface area contributed by atoms with Crippen molar-refractivity contribution in [1.82, 2.24) is 14.9 Å². The van der Waals surface area contributed by atoms with Gasteiger partial charge in [-0.3, -0.25) is 9.59 Å². The molecule has 0 bridgehead atoms. The highest BCUT2D eigenvalue weighted by Gasteiger charge is 2.22. The van der Waals surface area contributed by atoms with Gasteiger partial charge in [-0.05, 0) is 44.4 Å². The molecule has 0 radical (unpaired) electrons. The number of nitrogens with zero attached hydrogens (tertiary/aromatic N) is 2. The molecule has 2 heterocycles. The summed E-state index contributed by atoms with van der Waals surface area (Å²) < 4.78 is 20.5. The number of H-pyrrole nitrogens is 1. The number of benzene rings is 1. The summed E-state index contributed by atoms with van der Waals surface area (Å²) in [6.07, 6.45) is 5.01. The van der Waals surface area contributed by atoms with E-state index in [4.69, 9.17) is 4.74 Å². The predicted octanol–water partition coefficient (Wildman–Crippen LogP) is 3.24. The number of hydrogen-bond acceptors (Lipinski definition) is 6. The molecule has 7 nitrogen and oxygen atoms in total. The van der Waals surface area contributed by atoms with E-state index in [1.807, 2.05) is 4.90 Å². The Kier molecular flexibility index (Phi) is 7.35. The number of ether oxygens (including phenoxy) is 1. The molecular formula is C23H30FN3O4S. The summed E-state index contributed by atoms with van der Waals surface area (Å²) in [4.78, 5) is 33.0. The maximum absolute atomic E-state index is 14.6. The Morgan fingerprint density at radius 3 is 2.66 bits per heavy atom. The standard InChI is InChI=1S/C23H30FN3O4S/c1-14(28)27-8-6-15(7-9-27)12-31-17-10-19(24)22-20(11-17)25-21(26-23(22)30)13-32-18-4-2-16(29)3-5-18/h10-11,15-16,18,29H,2-9,12-13H2,1H3,(H,25,26,30)/t16-,18-. The third-order valence-electron chi connectivity index (χ3n) is 6.43. The van der Waals surface area contributed by atoms with Gasteiger partial charge in [0.1, 0.15) is 22.8 Å². The molecule has 9 heteroatoms. The summed E-state index contributed by atoms with van der Waals surface area (Å²) in [5.74, 6) is 1.17. The monoisotopic (exact) mass is 463 g/mol. The summed E-state index contributed by atoms with van der Waals surface area (Å²) in [7, 11) is 0. The summed E-state index contributed by atoms with van der Waals surface area (Å²) in [5.41, 5.74) is -0.185. The van der Waals surface area contributed by atoms with Crippen LogP contribution in [0.2, 0.25) is 0 Å². The van der Waals surface area contributed by atoms with Crippen LogP contribution in [0.3, 0.4) is 0 Å². The number of thioether (sulfide) groups is 1. The molecule has 1 amide bonds.